The van der Waals surface area contributed by atoms with Gasteiger partial charge in [-0.15, -0.1) is 11.3 Å². The Balaban J connectivity index is 2.38. The summed E-state index contributed by atoms with van der Waals surface area (Å²) in [6, 6.07) is 3.78. The second-order valence-electron chi connectivity index (χ2n) is 2.93. The summed E-state index contributed by atoms with van der Waals surface area (Å²) >= 11 is 2.78. The maximum absolute atomic E-state index is 10.8. The molecule has 0 saturated carbocycles. The second-order valence-corrected chi connectivity index (χ2v) is 5.16. The maximum atomic E-state index is 10.8. The van der Waals surface area contributed by atoms with E-state index in [1.54, 1.807) is 7.05 Å². The fourth-order valence-corrected chi connectivity index (χ4v) is 2.84. The number of hydrogen-bond acceptors (Lipinski definition) is 7. The summed E-state index contributed by atoms with van der Waals surface area (Å²) < 4.78 is 0.953. The molecule has 0 aromatic carbocycles. The number of thiophene rings is 1. The molecule has 0 unspecified atom stereocenters. The van der Waals surface area contributed by atoms with E-state index in [9.17, 15) is 10.1 Å². The van der Waals surface area contributed by atoms with E-state index in [1.807, 2.05) is 17.5 Å². The minimum Gasteiger partial charge on any atom is -0.357 e. The highest BCUT2D eigenvalue weighted by Gasteiger charge is 2.18. The van der Waals surface area contributed by atoms with Gasteiger partial charge in [0, 0.05) is 7.05 Å². The second kappa shape index (κ2) is 5.11. The van der Waals surface area contributed by atoms with Crippen LogP contribution in [0.25, 0.3) is 0 Å². The van der Waals surface area contributed by atoms with Crippen LogP contribution in [0, 0.1) is 10.1 Å². The first kappa shape index (κ1) is 11.8. The summed E-state index contributed by atoms with van der Waals surface area (Å²) in [5.41, 5.74) is -0.0811. The molecular formula is C9H8N4O2S2. The average molecular weight is 268 g/mol. The van der Waals surface area contributed by atoms with Crippen molar-refractivity contribution in [1.82, 2.24) is 9.97 Å². The average Bonchev–Trinajstić information content (AvgIpc) is 2.81. The van der Waals surface area contributed by atoms with E-state index in [0.29, 0.717) is 11.0 Å². The third-order valence-corrected chi connectivity index (χ3v) is 3.88. The lowest BCUT2D eigenvalue weighted by Gasteiger charge is -2.02. The minimum atomic E-state index is -0.477. The van der Waals surface area contributed by atoms with Gasteiger partial charge in [-0.2, -0.15) is 4.98 Å². The SMILES string of the molecule is CNc1ncc([N+](=O)[O-])c(Sc2cccs2)n1. The van der Waals surface area contributed by atoms with Crippen LogP contribution in [0.1, 0.15) is 0 Å². The predicted molar refractivity (Wildman–Crippen MR) is 66.7 cm³/mol. The van der Waals surface area contributed by atoms with Crippen molar-refractivity contribution in [2.75, 3.05) is 12.4 Å². The molecule has 88 valence electrons. The van der Waals surface area contributed by atoms with Crippen LogP contribution < -0.4 is 5.32 Å². The topological polar surface area (TPSA) is 81.0 Å². The summed E-state index contributed by atoms with van der Waals surface area (Å²) in [6.45, 7) is 0. The highest BCUT2D eigenvalue weighted by Crippen LogP contribution is 2.35. The molecule has 0 aliphatic carbocycles. The summed E-state index contributed by atoms with van der Waals surface area (Å²) in [6.07, 6.45) is 1.22. The Morgan fingerprint density at radius 2 is 2.41 bits per heavy atom. The zero-order valence-electron chi connectivity index (χ0n) is 8.78. The van der Waals surface area contributed by atoms with Crippen LogP contribution in [-0.4, -0.2) is 21.9 Å². The lowest BCUT2D eigenvalue weighted by Crippen LogP contribution is -2.00. The molecule has 2 rings (SSSR count). The fourth-order valence-electron chi connectivity index (χ4n) is 1.10. The predicted octanol–water partition coefficient (Wildman–Crippen LogP) is 2.64. The van der Waals surface area contributed by atoms with Crippen molar-refractivity contribution < 1.29 is 4.92 Å². The number of aromatic nitrogens is 2. The number of nitro groups is 1. The van der Waals surface area contributed by atoms with E-state index < -0.39 is 4.92 Å². The largest absolute Gasteiger partial charge is 0.357 e. The Bertz CT molecular complexity index is 530. The van der Waals surface area contributed by atoms with Crippen molar-refractivity contribution in [3.8, 4) is 0 Å². The molecule has 1 N–H and O–H groups in total. The van der Waals surface area contributed by atoms with Crippen LogP contribution in [-0.2, 0) is 0 Å². The van der Waals surface area contributed by atoms with Crippen LogP contribution in [0.5, 0.6) is 0 Å². The molecule has 0 atom stereocenters. The van der Waals surface area contributed by atoms with Crippen LogP contribution >= 0.6 is 23.1 Å². The molecule has 0 amide bonds. The number of rotatable bonds is 4. The van der Waals surface area contributed by atoms with Gasteiger partial charge in [0.25, 0.3) is 0 Å². The van der Waals surface area contributed by atoms with Crippen molar-refractivity contribution >= 4 is 34.7 Å². The van der Waals surface area contributed by atoms with E-state index in [-0.39, 0.29) is 5.69 Å². The maximum Gasteiger partial charge on any atom is 0.320 e. The van der Waals surface area contributed by atoms with Crippen LogP contribution in [0.15, 0.2) is 32.9 Å². The lowest BCUT2D eigenvalue weighted by molar-refractivity contribution is -0.388. The monoisotopic (exact) mass is 268 g/mol. The quantitative estimate of drug-likeness (QED) is 0.521. The summed E-state index contributed by atoms with van der Waals surface area (Å²) in [5, 5.41) is 15.9. The molecule has 0 bridgehead atoms. The van der Waals surface area contributed by atoms with E-state index in [4.69, 9.17) is 0 Å². The summed E-state index contributed by atoms with van der Waals surface area (Å²) in [4.78, 5) is 18.3. The Morgan fingerprint density at radius 3 is 3.00 bits per heavy atom. The molecule has 2 aromatic rings. The van der Waals surface area contributed by atoms with Gasteiger partial charge in [0.15, 0.2) is 5.03 Å². The third-order valence-electron chi connectivity index (χ3n) is 1.85. The van der Waals surface area contributed by atoms with Gasteiger partial charge in [-0.05, 0) is 11.4 Å². The molecule has 2 heterocycles. The molecule has 0 spiro atoms. The third kappa shape index (κ3) is 2.71. The minimum absolute atomic E-state index is 0.0811. The highest BCUT2D eigenvalue weighted by molar-refractivity contribution is 8.01. The van der Waals surface area contributed by atoms with Crippen molar-refractivity contribution in [2.24, 2.45) is 0 Å². The number of anilines is 1. The standard InChI is InChI=1S/C9H8N4O2S2/c1-10-9-11-5-6(13(14)15)8(12-9)17-7-3-2-4-16-7/h2-5H,1H3,(H,10,11,12). The molecule has 17 heavy (non-hydrogen) atoms. The van der Waals surface area contributed by atoms with Gasteiger partial charge < -0.3 is 5.32 Å². The van der Waals surface area contributed by atoms with Gasteiger partial charge in [0.1, 0.15) is 6.20 Å². The van der Waals surface area contributed by atoms with E-state index >= 15 is 0 Å². The van der Waals surface area contributed by atoms with E-state index in [2.05, 4.69) is 15.3 Å². The molecular weight excluding hydrogens is 260 g/mol. The van der Waals surface area contributed by atoms with Crippen LogP contribution in [0.2, 0.25) is 0 Å². The van der Waals surface area contributed by atoms with Crippen LogP contribution in [0.3, 0.4) is 0 Å². The Hall–Kier alpha value is -1.67. The van der Waals surface area contributed by atoms with Crippen molar-refractivity contribution in [2.45, 2.75) is 9.24 Å². The molecule has 6 nitrogen and oxygen atoms in total. The first-order chi connectivity index (χ1) is 8.20. The molecule has 2 aromatic heterocycles. The van der Waals surface area contributed by atoms with Gasteiger partial charge in [-0.25, -0.2) is 4.98 Å². The first-order valence-electron chi connectivity index (χ1n) is 4.61. The number of hydrogen-bond donors (Lipinski definition) is 1. The molecule has 0 saturated heterocycles. The van der Waals surface area contributed by atoms with E-state index in [1.165, 1.54) is 29.3 Å². The van der Waals surface area contributed by atoms with Crippen molar-refractivity contribution in [1.29, 1.82) is 0 Å². The Kier molecular flexibility index (Phi) is 3.55. The van der Waals surface area contributed by atoms with Gasteiger partial charge >= 0.3 is 5.69 Å². The first-order valence-corrected chi connectivity index (χ1v) is 6.31. The Labute approximate surface area is 105 Å². The zero-order valence-corrected chi connectivity index (χ0v) is 10.4. The molecule has 8 heteroatoms. The number of nitrogens with zero attached hydrogens (tertiary/aromatic N) is 3. The number of nitrogens with one attached hydrogen (secondary N) is 1. The zero-order chi connectivity index (χ0) is 12.3. The van der Waals surface area contributed by atoms with Crippen LogP contribution in [0.4, 0.5) is 11.6 Å². The highest BCUT2D eigenvalue weighted by atomic mass is 32.2. The summed E-state index contributed by atoms with van der Waals surface area (Å²) in [7, 11) is 1.67. The smallest absolute Gasteiger partial charge is 0.320 e. The molecule has 0 aliphatic rings. The van der Waals surface area contributed by atoms with Gasteiger partial charge in [0.2, 0.25) is 5.95 Å². The van der Waals surface area contributed by atoms with Crippen molar-refractivity contribution in [3.63, 3.8) is 0 Å². The van der Waals surface area contributed by atoms with Gasteiger partial charge in [0.05, 0.1) is 9.13 Å². The molecule has 0 aliphatic heterocycles. The summed E-state index contributed by atoms with van der Waals surface area (Å²) in [5.74, 6) is 0.370. The Morgan fingerprint density at radius 1 is 1.59 bits per heavy atom. The van der Waals surface area contributed by atoms with Crippen molar-refractivity contribution in [3.05, 3.63) is 33.8 Å². The van der Waals surface area contributed by atoms with E-state index in [0.717, 1.165) is 4.21 Å². The normalized spacial score (nSPS) is 10.2. The lowest BCUT2D eigenvalue weighted by atomic mass is 10.5. The fraction of sp³-hybridized carbons (Fsp3) is 0.111. The molecule has 0 radical (unpaired) electrons. The molecule has 0 fully saturated rings. The van der Waals surface area contributed by atoms with Gasteiger partial charge in [-0.3, -0.25) is 10.1 Å². The van der Waals surface area contributed by atoms with Gasteiger partial charge in [-0.1, -0.05) is 17.8 Å².